The molecular formula is C19H28N4O2. The molecule has 2 aromatic rings. The average molecular weight is 344 g/mol. The van der Waals surface area contributed by atoms with Crippen molar-refractivity contribution < 1.29 is 9.90 Å². The highest BCUT2D eigenvalue weighted by molar-refractivity contribution is 5.80. The molecular weight excluding hydrogens is 316 g/mol. The van der Waals surface area contributed by atoms with Gasteiger partial charge < -0.3 is 19.9 Å². The monoisotopic (exact) mass is 344 g/mol. The smallest absolute Gasteiger partial charge is 0.223 e. The van der Waals surface area contributed by atoms with E-state index >= 15 is 0 Å². The molecule has 136 valence electrons. The third-order valence-corrected chi connectivity index (χ3v) is 4.98. The fourth-order valence-corrected chi connectivity index (χ4v) is 3.55. The Kier molecular flexibility index (Phi) is 5.91. The highest BCUT2D eigenvalue weighted by Gasteiger charge is 2.27. The maximum atomic E-state index is 12.3. The molecule has 6 heteroatoms. The molecule has 1 aromatic heterocycles. The number of imidazole rings is 1. The number of unbranched alkanes of at least 4 members (excludes halogenated alkanes) is 1. The van der Waals surface area contributed by atoms with Crippen LogP contribution in [0.3, 0.4) is 0 Å². The largest absolute Gasteiger partial charge is 0.396 e. The van der Waals surface area contributed by atoms with Crippen LogP contribution in [-0.4, -0.2) is 46.8 Å². The number of nitrogens with one attached hydrogen (secondary N) is 1. The van der Waals surface area contributed by atoms with E-state index in [2.05, 4.69) is 33.8 Å². The Hall–Kier alpha value is -2.08. The van der Waals surface area contributed by atoms with Gasteiger partial charge in [0.1, 0.15) is 0 Å². The number of anilines is 1. The molecule has 0 spiro atoms. The van der Waals surface area contributed by atoms with E-state index in [4.69, 9.17) is 10.1 Å². The number of aryl methyl sites for hydroxylation is 1. The molecule has 0 radical (unpaired) electrons. The van der Waals surface area contributed by atoms with Crippen molar-refractivity contribution in [2.24, 2.45) is 5.92 Å². The van der Waals surface area contributed by atoms with Crippen LogP contribution < -0.4 is 10.2 Å². The number of aliphatic hydroxyl groups is 1. The standard InChI is InChI=1S/C19H28N4O2/c1-2-23-17-8-4-3-7-16(17)21-19(23)22-12-9-15(10-13-22)18(25)20-11-5-6-14-24/h3-4,7-8,15,24H,2,5-6,9-14H2,1H3,(H,20,25). The van der Waals surface area contributed by atoms with Crippen LogP contribution in [0.15, 0.2) is 24.3 Å². The lowest BCUT2D eigenvalue weighted by Gasteiger charge is -2.32. The molecule has 6 nitrogen and oxygen atoms in total. The van der Waals surface area contributed by atoms with E-state index < -0.39 is 0 Å². The number of hydrogen-bond donors (Lipinski definition) is 2. The number of amides is 1. The number of aromatic nitrogens is 2. The number of carbonyl (C=O) groups is 1. The predicted molar refractivity (Wildman–Crippen MR) is 99.7 cm³/mol. The molecule has 1 amide bonds. The van der Waals surface area contributed by atoms with Gasteiger partial charge in [0.15, 0.2) is 0 Å². The Labute approximate surface area is 148 Å². The first-order chi connectivity index (χ1) is 12.2. The summed E-state index contributed by atoms with van der Waals surface area (Å²) in [5.74, 6) is 1.26. The zero-order chi connectivity index (χ0) is 17.6. The fraction of sp³-hybridized carbons (Fsp3) is 0.579. The Morgan fingerprint density at radius 3 is 2.76 bits per heavy atom. The lowest BCUT2D eigenvalue weighted by atomic mass is 9.96. The van der Waals surface area contributed by atoms with Crippen molar-refractivity contribution >= 4 is 22.9 Å². The van der Waals surface area contributed by atoms with Gasteiger partial charge in [-0.25, -0.2) is 4.98 Å². The van der Waals surface area contributed by atoms with Gasteiger partial charge in [0, 0.05) is 38.7 Å². The van der Waals surface area contributed by atoms with Gasteiger partial charge in [0.05, 0.1) is 11.0 Å². The summed E-state index contributed by atoms with van der Waals surface area (Å²) in [6.45, 7) is 5.60. The molecule has 1 aliphatic rings. The van der Waals surface area contributed by atoms with Gasteiger partial charge in [0.2, 0.25) is 11.9 Å². The molecule has 0 atom stereocenters. The SMILES string of the molecule is CCn1c(N2CCC(C(=O)NCCCCO)CC2)nc2ccccc21. The first-order valence-corrected chi connectivity index (χ1v) is 9.33. The first kappa shape index (κ1) is 17.7. The Balaban J connectivity index is 1.60. The molecule has 0 unspecified atom stereocenters. The zero-order valence-corrected chi connectivity index (χ0v) is 14.9. The molecule has 0 saturated carbocycles. The second kappa shape index (κ2) is 8.34. The molecule has 0 aliphatic carbocycles. The van der Waals surface area contributed by atoms with E-state index in [9.17, 15) is 4.79 Å². The maximum Gasteiger partial charge on any atom is 0.223 e. The van der Waals surface area contributed by atoms with Crippen LogP contribution >= 0.6 is 0 Å². The summed E-state index contributed by atoms with van der Waals surface area (Å²) >= 11 is 0. The highest BCUT2D eigenvalue weighted by Crippen LogP contribution is 2.26. The van der Waals surface area contributed by atoms with Crippen molar-refractivity contribution in [3.63, 3.8) is 0 Å². The number of para-hydroxylation sites is 2. The summed E-state index contributed by atoms with van der Waals surface area (Å²) in [6.07, 6.45) is 3.30. The Bertz CT molecular complexity index is 705. The third-order valence-electron chi connectivity index (χ3n) is 4.98. The minimum absolute atomic E-state index is 0.0878. The predicted octanol–water partition coefficient (Wildman–Crippen LogP) is 2.16. The minimum Gasteiger partial charge on any atom is -0.396 e. The number of hydrogen-bond acceptors (Lipinski definition) is 4. The Morgan fingerprint density at radius 1 is 1.28 bits per heavy atom. The molecule has 2 N–H and O–H groups in total. The van der Waals surface area contributed by atoms with E-state index in [1.165, 1.54) is 5.52 Å². The van der Waals surface area contributed by atoms with E-state index in [0.29, 0.717) is 6.54 Å². The van der Waals surface area contributed by atoms with Crippen molar-refractivity contribution in [2.45, 2.75) is 39.2 Å². The summed E-state index contributed by atoms with van der Waals surface area (Å²) in [5, 5.41) is 11.8. The van der Waals surface area contributed by atoms with Gasteiger partial charge in [-0.05, 0) is 44.7 Å². The quantitative estimate of drug-likeness (QED) is 0.755. The number of rotatable bonds is 7. The lowest BCUT2D eigenvalue weighted by Crippen LogP contribution is -2.41. The molecule has 3 rings (SSSR count). The number of nitrogens with zero attached hydrogens (tertiary/aromatic N) is 3. The van der Waals surface area contributed by atoms with Gasteiger partial charge in [-0.1, -0.05) is 12.1 Å². The van der Waals surface area contributed by atoms with E-state index in [1.54, 1.807) is 0 Å². The lowest BCUT2D eigenvalue weighted by molar-refractivity contribution is -0.125. The Morgan fingerprint density at radius 2 is 2.04 bits per heavy atom. The van der Waals surface area contributed by atoms with Crippen molar-refractivity contribution in [3.05, 3.63) is 24.3 Å². The first-order valence-electron chi connectivity index (χ1n) is 9.33. The number of fused-ring (bicyclic) bond motifs is 1. The van der Waals surface area contributed by atoms with Gasteiger partial charge >= 0.3 is 0 Å². The average Bonchev–Trinajstić information content (AvgIpc) is 3.04. The van der Waals surface area contributed by atoms with Crippen LogP contribution in [0, 0.1) is 5.92 Å². The van der Waals surface area contributed by atoms with Gasteiger partial charge in [0.25, 0.3) is 0 Å². The van der Waals surface area contributed by atoms with Crippen LogP contribution in [0.25, 0.3) is 11.0 Å². The molecule has 1 aliphatic heterocycles. The summed E-state index contributed by atoms with van der Waals surface area (Å²) in [5.41, 5.74) is 2.20. The van der Waals surface area contributed by atoms with Crippen LogP contribution in [0.5, 0.6) is 0 Å². The maximum absolute atomic E-state index is 12.3. The molecule has 25 heavy (non-hydrogen) atoms. The van der Waals surface area contributed by atoms with Gasteiger partial charge in [-0.3, -0.25) is 4.79 Å². The summed E-state index contributed by atoms with van der Waals surface area (Å²) in [4.78, 5) is 19.4. The van der Waals surface area contributed by atoms with Gasteiger partial charge in [-0.15, -0.1) is 0 Å². The van der Waals surface area contributed by atoms with Crippen LogP contribution in [-0.2, 0) is 11.3 Å². The molecule has 2 heterocycles. The molecule has 1 aromatic carbocycles. The van der Waals surface area contributed by atoms with Crippen molar-refractivity contribution in [2.75, 3.05) is 31.1 Å². The normalized spacial score (nSPS) is 15.7. The zero-order valence-electron chi connectivity index (χ0n) is 14.9. The molecule has 1 fully saturated rings. The van der Waals surface area contributed by atoms with E-state index in [1.807, 2.05) is 12.1 Å². The second-order valence-corrected chi connectivity index (χ2v) is 6.63. The topological polar surface area (TPSA) is 70.4 Å². The summed E-state index contributed by atoms with van der Waals surface area (Å²) in [7, 11) is 0. The number of piperidine rings is 1. The molecule has 1 saturated heterocycles. The van der Waals surface area contributed by atoms with E-state index in [-0.39, 0.29) is 18.4 Å². The minimum atomic E-state index is 0.0878. The third kappa shape index (κ3) is 3.95. The van der Waals surface area contributed by atoms with Crippen molar-refractivity contribution in [1.29, 1.82) is 0 Å². The van der Waals surface area contributed by atoms with Crippen molar-refractivity contribution in [3.8, 4) is 0 Å². The number of benzene rings is 1. The second-order valence-electron chi connectivity index (χ2n) is 6.63. The van der Waals surface area contributed by atoms with Crippen molar-refractivity contribution in [1.82, 2.24) is 14.9 Å². The number of carbonyl (C=O) groups excluding carboxylic acids is 1. The summed E-state index contributed by atoms with van der Waals surface area (Å²) < 4.78 is 2.25. The number of aliphatic hydroxyl groups excluding tert-OH is 1. The van der Waals surface area contributed by atoms with E-state index in [0.717, 1.165) is 56.8 Å². The highest BCUT2D eigenvalue weighted by atomic mass is 16.3. The molecule has 0 bridgehead atoms. The van der Waals surface area contributed by atoms with Gasteiger partial charge in [-0.2, -0.15) is 0 Å². The fourth-order valence-electron chi connectivity index (χ4n) is 3.55. The van der Waals surface area contributed by atoms with Crippen LogP contribution in [0.4, 0.5) is 5.95 Å². The summed E-state index contributed by atoms with van der Waals surface area (Å²) in [6, 6.07) is 8.24. The van der Waals surface area contributed by atoms with Crippen LogP contribution in [0.2, 0.25) is 0 Å². The van der Waals surface area contributed by atoms with Crippen LogP contribution in [0.1, 0.15) is 32.6 Å².